The fourth-order valence-corrected chi connectivity index (χ4v) is 48.5. The summed E-state index contributed by atoms with van der Waals surface area (Å²) in [5, 5.41) is 0. The second kappa shape index (κ2) is 61.5. The molecule has 0 aliphatic rings. The average Bonchev–Trinajstić information content (AvgIpc) is 3.38. The van der Waals surface area contributed by atoms with Crippen molar-refractivity contribution in [1.82, 2.24) is 0 Å². The third kappa shape index (κ3) is 56.8. The molecular weight excluding hydrogens is 1070 g/mol. The van der Waals surface area contributed by atoms with Crippen molar-refractivity contribution in [3.05, 3.63) is 0 Å². The van der Waals surface area contributed by atoms with E-state index in [0.717, 1.165) is 55.8 Å². The van der Waals surface area contributed by atoms with Gasteiger partial charge in [0, 0.05) is 0 Å². The number of unbranched alkanes of at least 4 members (excludes halogenated alkanes) is 42. The Morgan fingerprint density at radius 2 is 0.438 bits per heavy atom. The van der Waals surface area contributed by atoms with Crippen molar-refractivity contribution in [2.24, 2.45) is 0 Å². The molecule has 0 radical (unpaired) electrons. The molecule has 0 saturated heterocycles. The van der Waals surface area contributed by atoms with Gasteiger partial charge in [0.25, 0.3) is 0 Å². The SMILES string of the molecule is CCCCCCCCCCCCCCOC(=O)CC[S][Sn]([CH2]CCCCCCCCCCC)([S]CCC(=O)OCCCCCCCCCCCCCC)[S]CCC(=O)OCCCCCCCCCCCCCC. The second-order valence-corrected chi connectivity index (χ2v) is 55.8. The van der Waals surface area contributed by atoms with Gasteiger partial charge >= 0.3 is 335 Å². The molecule has 0 bridgehead atoms. The summed E-state index contributed by atoms with van der Waals surface area (Å²) in [4.78, 5) is 39.2. The van der Waals surface area contributed by atoms with Crippen molar-refractivity contribution in [3.63, 3.8) is 0 Å². The fraction of sp³-hybridized carbons (Fsp3) is 0.952. The van der Waals surface area contributed by atoms with Crippen molar-refractivity contribution in [2.75, 3.05) is 37.1 Å². The maximum absolute atomic E-state index is 13.1. The molecule has 0 aliphatic heterocycles. The zero-order chi connectivity index (χ0) is 53.1. The zero-order valence-corrected chi connectivity index (χ0v) is 54.6. The summed E-state index contributed by atoms with van der Waals surface area (Å²) in [5.74, 6) is 2.06. The van der Waals surface area contributed by atoms with Gasteiger partial charge in [0.15, 0.2) is 0 Å². The summed E-state index contributed by atoms with van der Waals surface area (Å²) in [7, 11) is 6.15. The van der Waals surface area contributed by atoms with Crippen molar-refractivity contribution in [3.8, 4) is 0 Å². The summed E-state index contributed by atoms with van der Waals surface area (Å²) >= 11 is -3.15. The molecule has 0 heterocycles. The van der Waals surface area contributed by atoms with Crippen molar-refractivity contribution >= 4 is 59.0 Å². The van der Waals surface area contributed by atoms with Gasteiger partial charge in [-0.2, -0.15) is 0 Å². The Balaban J connectivity index is 5.18. The molecule has 0 saturated carbocycles. The monoisotopic (exact) mass is 1190 g/mol. The summed E-state index contributed by atoms with van der Waals surface area (Å²) in [6.07, 6.45) is 61.0. The molecule has 0 aromatic rings. The van der Waals surface area contributed by atoms with Crippen molar-refractivity contribution in [2.45, 2.75) is 347 Å². The molecule has 0 rings (SSSR count). The first-order valence-electron chi connectivity index (χ1n) is 32.3. The number of carbonyl (C=O) groups excluding carboxylic acids is 3. The average molecular weight is 1190 g/mol. The Hall–Kier alpha value is 0.259. The molecule has 0 spiro atoms. The molecule has 0 aromatic heterocycles. The number of hydrogen-bond acceptors (Lipinski definition) is 9. The predicted molar refractivity (Wildman–Crippen MR) is 330 cm³/mol. The minimum absolute atomic E-state index is 0.0764. The molecule has 0 unspecified atom stereocenters. The Labute approximate surface area is 468 Å². The van der Waals surface area contributed by atoms with Crippen LogP contribution in [0.3, 0.4) is 0 Å². The standard InChI is InChI=1S/3C17H34O2S.C12H25.Sn/c3*1-2-3-4-5-6-7-8-9-10-11-12-13-15-19-17(18)14-16-20;1-3-5-7-9-11-12-10-8-6-4-2;/h3*20H,2-16H2,1H3;1,3-12H2,2H3;/q;;;;+3/p-3. The Morgan fingerprint density at radius 3 is 0.644 bits per heavy atom. The van der Waals surface area contributed by atoms with Crippen LogP contribution in [-0.2, 0) is 28.6 Å². The van der Waals surface area contributed by atoms with Crippen molar-refractivity contribution in [1.29, 1.82) is 0 Å². The van der Waals surface area contributed by atoms with Gasteiger partial charge < -0.3 is 0 Å². The Morgan fingerprint density at radius 1 is 0.260 bits per heavy atom. The van der Waals surface area contributed by atoms with Crippen LogP contribution in [0.5, 0.6) is 0 Å². The van der Waals surface area contributed by atoms with Gasteiger partial charge in [-0.25, -0.2) is 0 Å². The molecule has 10 heteroatoms. The van der Waals surface area contributed by atoms with Gasteiger partial charge in [-0.15, -0.1) is 0 Å². The first kappa shape index (κ1) is 73.3. The molecule has 0 aromatic carbocycles. The normalized spacial score (nSPS) is 11.7. The number of rotatable bonds is 62. The topological polar surface area (TPSA) is 78.9 Å². The van der Waals surface area contributed by atoms with E-state index in [1.165, 1.54) is 261 Å². The van der Waals surface area contributed by atoms with E-state index in [1.807, 2.05) is 26.8 Å². The number of esters is 3. The molecule has 0 N–H and O–H groups in total. The van der Waals surface area contributed by atoms with Crippen LogP contribution in [0.2, 0.25) is 4.44 Å². The summed E-state index contributed by atoms with van der Waals surface area (Å²) in [6.45, 7) is 10.7. The number of carbonyl (C=O) groups is 3. The van der Waals surface area contributed by atoms with E-state index in [1.54, 1.807) is 0 Å². The quantitative estimate of drug-likeness (QED) is 0.0256. The summed E-state index contributed by atoms with van der Waals surface area (Å²) in [6, 6.07) is 0. The van der Waals surface area contributed by atoms with Crippen LogP contribution >= 0.6 is 26.8 Å². The molecule has 6 nitrogen and oxygen atoms in total. The zero-order valence-electron chi connectivity index (χ0n) is 49.3. The Bertz CT molecular complexity index is 1030. The van der Waals surface area contributed by atoms with Gasteiger partial charge in [0.1, 0.15) is 0 Å². The smallest absolute Gasteiger partial charge is 0.0654 e. The van der Waals surface area contributed by atoms with E-state index in [4.69, 9.17) is 14.2 Å². The second-order valence-electron chi connectivity index (χ2n) is 21.7. The molecule has 0 atom stereocenters. The van der Waals surface area contributed by atoms with E-state index in [0.29, 0.717) is 39.1 Å². The van der Waals surface area contributed by atoms with Gasteiger partial charge in [-0.1, -0.05) is 136 Å². The molecule has 0 fully saturated rings. The molecular formula is C63H124O6S3Sn. The van der Waals surface area contributed by atoms with E-state index >= 15 is 0 Å². The summed E-state index contributed by atoms with van der Waals surface area (Å²) < 4.78 is 18.5. The predicted octanol–water partition coefficient (Wildman–Crippen LogP) is 21.9. The van der Waals surface area contributed by atoms with E-state index < -0.39 is 14.2 Å². The Kier molecular flexibility index (Phi) is 61.7. The first-order valence-corrected chi connectivity index (χ1v) is 47.8. The minimum atomic E-state index is -3.15. The van der Waals surface area contributed by atoms with E-state index in [-0.39, 0.29) is 17.9 Å². The third-order valence-corrected chi connectivity index (χ3v) is 54.7. The van der Waals surface area contributed by atoms with E-state index in [2.05, 4.69) is 27.7 Å². The van der Waals surface area contributed by atoms with Crippen molar-refractivity contribution < 1.29 is 28.6 Å². The molecule has 434 valence electrons. The van der Waals surface area contributed by atoms with Crippen LogP contribution in [0.1, 0.15) is 342 Å². The van der Waals surface area contributed by atoms with Gasteiger partial charge in [0.2, 0.25) is 0 Å². The molecule has 0 aliphatic carbocycles. The molecule has 73 heavy (non-hydrogen) atoms. The fourth-order valence-electron chi connectivity index (χ4n) is 9.64. The van der Waals surface area contributed by atoms with Gasteiger partial charge in [-0.3, -0.25) is 0 Å². The van der Waals surface area contributed by atoms with Crippen LogP contribution in [-0.4, -0.2) is 69.2 Å². The third-order valence-electron chi connectivity index (χ3n) is 14.5. The van der Waals surface area contributed by atoms with Crippen LogP contribution < -0.4 is 0 Å². The van der Waals surface area contributed by atoms with Crippen LogP contribution in [0.4, 0.5) is 0 Å². The number of ether oxygens (including phenoxy) is 3. The van der Waals surface area contributed by atoms with Gasteiger partial charge in [0.05, 0.1) is 0 Å². The summed E-state index contributed by atoms with van der Waals surface area (Å²) in [5.41, 5.74) is 0. The van der Waals surface area contributed by atoms with Crippen LogP contribution in [0.15, 0.2) is 0 Å². The first-order chi connectivity index (χ1) is 35.9. The molecule has 0 amide bonds. The van der Waals surface area contributed by atoms with Crippen LogP contribution in [0.25, 0.3) is 0 Å². The number of hydrogen-bond donors (Lipinski definition) is 0. The maximum atomic E-state index is 13.1. The van der Waals surface area contributed by atoms with Gasteiger partial charge in [-0.05, 0) is 0 Å². The van der Waals surface area contributed by atoms with Crippen LogP contribution in [0, 0.1) is 0 Å². The minimum Gasteiger partial charge on any atom is -0.0654 e. The van der Waals surface area contributed by atoms with E-state index in [9.17, 15) is 14.4 Å².